The standard InChI is InChI=1S/C20H19F6N3O3S/c21-19(22,23)13-2-1-12(14(8-13)20(24,25)26)10-29-5-3-11(4-6-29)7-15-17(27-9-16(30)31)28-18(32)33-15/h1-2,7-8,11H,3-6,9-10H2,(H,30,31)(H,27,28,32). The zero-order valence-electron chi connectivity index (χ0n) is 17.0. The van der Waals surface area contributed by atoms with E-state index in [-0.39, 0.29) is 35.2 Å². The number of carbonyl (C=O) groups is 2. The Morgan fingerprint density at radius 2 is 1.85 bits per heavy atom. The number of piperidine rings is 1. The molecule has 0 bridgehead atoms. The van der Waals surface area contributed by atoms with E-state index in [4.69, 9.17) is 5.11 Å². The molecule has 0 atom stereocenters. The summed E-state index contributed by atoms with van der Waals surface area (Å²) in [5, 5.41) is 10.8. The fourth-order valence-electron chi connectivity index (χ4n) is 3.60. The second-order valence-corrected chi connectivity index (χ2v) is 8.60. The van der Waals surface area contributed by atoms with Gasteiger partial charge in [-0.05, 0) is 61.3 Å². The number of allylic oxidation sites excluding steroid dienone is 1. The number of amidine groups is 1. The molecule has 33 heavy (non-hydrogen) atoms. The fraction of sp³-hybridized carbons (Fsp3) is 0.450. The van der Waals surface area contributed by atoms with E-state index in [0.717, 1.165) is 17.8 Å². The molecule has 2 N–H and O–H groups in total. The summed E-state index contributed by atoms with van der Waals surface area (Å²) in [7, 11) is 0. The highest BCUT2D eigenvalue weighted by atomic mass is 32.2. The molecule has 0 aliphatic carbocycles. The summed E-state index contributed by atoms with van der Waals surface area (Å²) in [6.45, 7) is 0.165. The van der Waals surface area contributed by atoms with Crippen LogP contribution in [0.1, 0.15) is 29.5 Å². The lowest BCUT2D eigenvalue weighted by Crippen LogP contribution is -2.33. The molecule has 0 aromatic heterocycles. The van der Waals surface area contributed by atoms with Gasteiger partial charge in [-0.2, -0.15) is 26.3 Å². The number of nitrogens with zero attached hydrogens (tertiary/aromatic N) is 2. The minimum Gasteiger partial charge on any atom is -0.480 e. The van der Waals surface area contributed by atoms with E-state index >= 15 is 0 Å². The number of nitrogens with one attached hydrogen (secondary N) is 1. The first kappa shape index (κ1) is 25.1. The lowest BCUT2D eigenvalue weighted by molar-refractivity contribution is -0.143. The van der Waals surface area contributed by atoms with Crippen LogP contribution in [0.2, 0.25) is 0 Å². The number of amides is 1. The van der Waals surface area contributed by atoms with Gasteiger partial charge in [-0.25, -0.2) is 0 Å². The van der Waals surface area contributed by atoms with Crippen LogP contribution in [0.4, 0.5) is 31.1 Å². The third-order valence-electron chi connectivity index (χ3n) is 5.18. The van der Waals surface area contributed by atoms with Crippen LogP contribution in [0.15, 0.2) is 34.2 Å². The van der Waals surface area contributed by atoms with E-state index in [9.17, 15) is 35.9 Å². The Balaban J connectivity index is 1.67. The third-order valence-corrected chi connectivity index (χ3v) is 6.02. The molecule has 2 heterocycles. The molecule has 0 spiro atoms. The Hall–Kier alpha value is -2.54. The maximum atomic E-state index is 13.4. The first-order valence-corrected chi connectivity index (χ1v) is 10.6. The van der Waals surface area contributed by atoms with Gasteiger partial charge >= 0.3 is 18.3 Å². The molecule has 0 saturated carbocycles. The van der Waals surface area contributed by atoms with Crippen molar-refractivity contribution in [1.82, 2.24) is 10.2 Å². The van der Waals surface area contributed by atoms with Crippen molar-refractivity contribution in [3.8, 4) is 0 Å². The van der Waals surface area contributed by atoms with Gasteiger partial charge < -0.3 is 10.4 Å². The van der Waals surface area contributed by atoms with Crippen LogP contribution < -0.4 is 5.32 Å². The summed E-state index contributed by atoms with van der Waals surface area (Å²) < 4.78 is 78.6. The Kier molecular flexibility index (Phi) is 7.42. The molecule has 2 fully saturated rings. The number of halogens is 6. The number of carbonyl (C=O) groups excluding carboxylic acids is 1. The van der Waals surface area contributed by atoms with Crippen LogP contribution in [-0.4, -0.2) is 46.7 Å². The highest BCUT2D eigenvalue weighted by molar-refractivity contribution is 8.18. The van der Waals surface area contributed by atoms with Crippen molar-refractivity contribution in [3.63, 3.8) is 0 Å². The van der Waals surface area contributed by atoms with E-state index in [1.54, 1.807) is 11.0 Å². The largest absolute Gasteiger partial charge is 0.480 e. The average molecular weight is 495 g/mol. The second kappa shape index (κ2) is 9.75. The molecule has 2 aliphatic heterocycles. The SMILES string of the molecule is O=C(O)CN=C1NC(=O)SC1=CC1CCN(Cc2ccc(C(F)(F)F)cc2C(F)(F)F)CC1. The normalized spacial score (nSPS) is 21.1. The molecule has 13 heteroatoms. The predicted octanol–water partition coefficient (Wildman–Crippen LogP) is 4.76. The van der Waals surface area contributed by atoms with E-state index in [1.807, 2.05) is 0 Å². The smallest absolute Gasteiger partial charge is 0.416 e. The molecule has 0 radical (unpaired) electrons. The van der Waals surface area contributed by atoms with Crippen LogP contribution >= 0.6 is 11.8 Å². The molecule has 2 saturated heterocycles. The molecule has 180 valence electrons. The molecule has 0 unspecified atom stereocenters. The summed E-state index contributed by atoms with van der Waals surface area (Å²) >= 11 is 0.887. The number of aliphatic carboxylic acids is 1. The minimum atomic E-state index is -4.91. The van der Waals surface area contributed by atoms with Crippen molar-refractivity contribution in [2.45, 2.75) is 31.7 Å². The lowest BCUT2D eigenvalue weighted by atomic mass is 9.95. The van der Waals surface area contributed by atoms with E-state index in [0.29, 0.717) is 36.9 Å². The fourth-order valence-corrected chi connectivity index (χ4v) is 4.42. The number of carboxylic acids is 1. The molecule has 1 aromatic carbocycles. The maximum absolute atomic E-state index is 13.4. The highest BCUT2D eigenvalue weighted by Crippen LogP contribution is 2.38. The lowest BCUT2D eigenvalue weighted by Gasteiger charge is -2.31. The number of carboxylic acid groups (broad SMARTS) is 1. The van der Waals surface area contributed by atoms with Crippen molar-refractivity contribution in [2.24, 2.45) is 10.9 Å². The maximum Gasteiger partial charge on any atom is 0.416 e. The number of rotatable bonds is 5. The Bertz CT molecular complexity index is 982. The number of aliphatic imine (C=N–C) groups is 1. The van der Waals surface area contributed by atoms with Crippen LogP contribution in [-0.2, 0) is 23.7 Å². The van der Waals surface area contributed by atoms with Gasteiger partial charge in [-0.3, -0.25) is 19.5 Å². The van der Waals surface area contributed by atoms with Gasteiger partial charge in [0.05, 0.1) is 16.0 Å². The van der Waals surface area contributed by atoms with Crippen molar-refractivity contribution in [2.75, 3.05) is 19.6 Å². The van der Waals surface area contributed by atoms with E-state index in [2.05, 4.69) is 10.3 Å². The number of hydrogen-bond donors (Lipinski definition) is 2. The monoisotopic (exact) mass is 495 g/mol. The van der Waals surface area contributed by atoms with Crippen LogP contribution in [0.3, 0.4) is 0 Å². The number of likely N-dealkylation sites (tertiary alicyclic amines) is 1. The number of benzene rings is 1. The Morgan fingerprint density at radius 3 is 2.42 bits per heavy atom. The summed E-state index contributed by atoms with van der Waals surface area (Å²) in [5.41, 5.74) is -2.87. The average Bonchev–Trinajstić information content (AvgIpc) is 3.05. The van der Waals surface area contributed by atoms with Crippen LogP contribution in [0.25, 0.3) is 0 Å². The first-order valence-electron chi connectivity index (χ1n) is 9.80. The molecule has 1 amide bonds. The van der Waals surface area contributed by atoms with Gasteiger partial charge in [-0.1, -0.05) is 12.1 Å². The summed E-state index contributed by atoms with van der Waals surface area (Å²) in [6.07, 6.45) is -6.89. The van der Waals surface area contributed by atoms with Gasteiger partial charge in [0.15, 0.2) is 0 Å². The van der Waals surface area contributed by atoms with Crippen molar-refractivity contribution in [3.05, 3.63) is 45.9 Å². The second-order valence-electron chi connectivity index (χ2n) is 7.59. The zero-order chi connectivity index (χ0) is 24.4. The van der Waals surface area contributed by atoms with Crippen LogP contribution in [0, 0.1) is 5.92 Å². The molecular weight excluding hydrogens is 476 g/mol. The quantitative estimate of drug-likeness (QED) is 0.576. The number of thioether (sulfide) groups is 1. The summed E-state index contributed by atoms with van der Waals surface area (Å²) in [5.74, 6) is -0.988. The van der Waals surface area contributed by atoms with Gasteiger partial charge in [0, 0.05) is 6.54 Å². The minimum absolute atomic E-state index is 0.0128. The highest BCUT2D eigenvalue weighted by Gasteiger charge is 2.38. The van der Waals surface area contributed by atoms with Gasteiger partial charge in [0.2, 0.25) is 0 Å². The molecular formula is C20H19F6N3O3S. The predicted molar refractivity (Wildman–Crippen MR) is 109 cm³/mol. The summed E-state index contributed by atoms with van der Waals surface area (Å²) in [4.78, 5) is 28.4. The summed E-state index contributed by atoms with van der Waals surface area (Å²) in [6, 6.07) is 1.67. The van der Waals surface area contributed by atoms with Gasteiger partial charge in [0.1, 0.15) is 12.4 Å². The molecule has 1 aromatic rings. The number of hydrogen-bond acceptors (Lipinski definition) is 5. The number of alkyl halides is 6. The van der Waals surface area contributed by atoms with Gasteiger partial charge in [-0.15, -0.1) is 0 Å². The first-order chi connectivity index (χ1) is 15.3. The van der Waals surface area contributed by atoms with Crippen LogP contribution in [0.5, 0.6) is 0 Å². The van der Waals surface area contributed by atoms with E-state index < -0.39 is 36.0 Å². The Labute approximate surface area is 188 Å². The zero-order valence-corrected chi connectivity index (χ0v) is 17.8. The van der Waals surface area contributed by atoms with Crippen molar-refractivity contribution in [1.29, 1.82) is 0 Å². The molecule has 3 rings (SSSR count). The molecule has 2 aliphatic rings. The third kappa shape index (κ3) is 6.73. The van der Waals surface area contributed by atoms with Crippen molar-refractivity contribution >= 4 is 28.8 Å². The van der Waals surface area contributed by atoms with Crippen molar-refractivity contribution < 1.29 is 41.0 Å². The van der Waals surface area contributed by atoms with E-state index in [1.165, 1.54) is 0 Å². The Morgan fingerprint density at radius 1 is 1.18 bits per heavy atom. The topological polar surface area (TPSA) is 82.0 Å². The molecule has 6 nitrogen and oxygen atoms in total. The van der Waals surface area contributed by atoms with Gasteiger partial charge in [0.25, 0.3) is 5.24 Å².